The minimum absolute atomic E-state index is 0.0393. The van der Waals surface area contributed by atoms with Gasteiger partial charge in [0.15, 0.2) is 5.78 Å². The number of aromatic nitrogens is 1. The second-order valence-electron chi connectivity index (χ2n) is 4.81. The Morgan fingerprint density at radius 3 is 2.65 bits per heavy atom. The third-order valence-electron chi connectivity index (χ3n) is 3.63. The van der Waals surface area contributed by atoms with Crippen molar-refractivity contribution in [3.63, 3.8) is 0 Å². The van der Waals surface area contributed by atoms with E-state index in [1.807, 2.05) is 24.3 Å². The van der Waals surface area contributed by atoms with Gasteiger partial charge >= 0.3 is 0 Å². The van der Waals surface area contributed by atoms with Gasteiger partial charge in [-0.3, -0.25) is 4.79 Å². The third kappa shape index (κ3) is 1.88. The lowest BCUT2D eigenvalue weighted by atomic mass is 10.00. The van der Waals surface area contributed by atoms with Crippen LogP contribution in [0.5, 0.6) is 0 Å². The van der Waals surface area contributed by atoms with Crippen molar-refractivity contribution < 1.29 is 4.79 Å². The first-order valence-corrected chi connectivity index (χ1v) is 6.70. The van der Waals surface area contributed by atoms with Crippen LogP contribution >= 0.6 is 0 Å². The number of carbonyl (C=O) groups excluding carboxylic acids is 1. The zero-order chi connectivity index (χ0) is 14.1. The molecule has 0 atom stereocenters. The summed E-state index contributed by atoms with van der Waals surface area (Å²) in [6.07, 6.45) is 2.71. The van der Waals surface area contributed by atoms with E-state index in [2.05, 4.69) is 18.0 Å². The van der Waals surface area contributed by atoms with Gasteiger partial charge in [0.2, 0.25) is 0 Å². The monoisotopic (exact) mass is 264 g/mol. The Balaban J connectivity index is 2.16. The number of nitrogens with one attached hydrogen (secondary N) is 1. The number of para-hydroxylation sites is 2. The van der Waals surface area contributed by atoms with Gasteiger partial charge in [0.25, 0.3) is 0 Å². The molecule has 3 aromatic rings. The summed E-state index contributed by atoms with van der Waals surface area (Å²) >= 11 is 0. The van der Waals surface area contributed by atoms with E-state index in [1.165, 1.54) is 5.56 Å². The lowest BCUT2D eigenvalue weighted by Gasteiger charge is -2.04. The molecular formula is C17H16N2O. The molecule has 0 bridgehead atoms. The SMILES string of the molecule is CCc1cccc2c(C(=O)c3ccccc3N)c[nH]c12. The number of aromatic amines is 1. The van der Waals surface area contributed by atoms with Gasteiger partial charge in [-0.1, -0.05) is 37.3 Å². The normalized spacial score (nSPS) is 10.8. The van der Waals surface area contributed by atoms with E-state index >= 15 is 0 Å². The highest BCUT2D eigenvalue weighted by atomic mass is 16.1. The molecule has 3 nitrogen and oxygen atoms in total. The molecule has 3 rings (SSSR count). The van der Waals surface area contributed by atoms with Crippen molar-refractivity contribution in [3.05, 3.63) is 65.4 Å². The van der Waals surface area contributed by atoms with E-state index < -0.39 is 0 Å². The molecule has 0 aliphatic rings. The summed E-state index contributed by atoms with van der Waals surface area (Å²) in [4.78, 5) is 15.9. The molecule has 0 aliphatic heterocycles. The number of anilines is 1. The molecule has 2 aromatic carbocycles. The standard InChI is InChI=1S/C17H16N2O/c1-2-11-6-5-8-12-14(10-19-16(11)12)17(20)13-7-3-4-9-15(13)18/h3-10,19H,2,18H2,1H3. The van der Waals surface area contributed by atoms with E-state index in [4.69, 9.17) is 5.73 Å². The lowest BCUT2D eigenvalue weighted by molar-refractivity contribution is 0.104. The van der Waals surface area contributed by atoms with Crippen molar-refractivity contribution in [2.24, 2.45) is 0 Å². The zero-order valence-electron chi connectivity index (χ0n) is 11.3. The van der Waals surface area contributed by atoms with Crippen molar-refractivity contribution in [1.82, 2.24) is 4.98 Å². The van der Waals surface area contributed by atoms with Crippen LogP contribution in [0, 0.1) is 0 Å². The van der Waals surface area contributed by atoms with Gasteiger partial charge in [-0.05, 0) is 24.1 Å². The lowest BCUT2D eigenvalue weighted by Crippen LogP contribution is -2.04. The Morgan fingerprint density at radius 2 is 1.90 bits per heavy atom. The number of nitrogen functional groups attached to an aromatic ring is 1. The molecule has 0 spiro atoms. The molecule has 0 radical (unpaired) electrons. The van der Waals surface area contributed by atoms with Crippen molar-refractivity contribution >= 4 is 22.4 Å². The van der Waals surface area contributed by atoms with Crippen molar-refractivity contribution in [2.45, 2.75) is 13.3 Å². The van der Waals surface area contributed by atoms with Crippen molar-refractivity contribution in [1.29, 1.82) is 0 Å². The average molecular weight is 264 g/mol. The molecule has 0 unspecified atom stereocenters. The van der Waals surface area contributed by atoms with E-state index in [0.29, 0.717) is 16.8 Å². The summed E-state index contributed by atoms with van der Waals surface area (Å²) in [5, 5.41) is 0.956. The zero-order valence-corrected chi connectivity index (χ0v) is 11.3. The van der Waals surface area contributed by atoms with Crippen LogP contribution in [0.2, 0.25) is 0 Å². The predicted octanol–water partition coefficient (Wildman–Crippen LogP) is 3.54. The predicted molar refractivity (Wildman–Crippen MR) is 82.0 cm³/mol. The van der Waals surface area contributed by atoms with Crippen LogP contribution in [0.25, 0.3) is 10.9 Å². The average Bonchev–Trinajstić information content (AvgIpc) is 2.91. The van der Waals surface area contributed by atoms with Crippen LogP contribution in [0.15, 0.2) is 48.7 Å². The first-order valence-electron chi connectivity index (χ1n) is 6.70. The number of hydrogen-bond donors (Lipinski definition) is 2. The fourth-order valence-electron chi connectivity index (χ4n) is 2.55. The highest BCUT2D eigenvalue weighted by molar-refractivity contribution is 6.18. The highest BCUT2D eigenvalue weighted by Gasteiger charge is 2.16. The number of benzene rings is 2. The first-order chi connectivity index (χ1) is 9.72. The van der Waals surface area contributed by atoms with Gasteiger partial charge < -0.3 is 10.7 Å². The summed E-state index contributed by atoms with van der Waals surface area (Å²) in [5.41, 5.74) is 9.88. The van der Waals surface area contributed by atoms with Gasteiger partial charge in [-0.2, -0.15) is 0 Å². The van der Waals surface area contributed by atoms with Gasteiger partial charge in [-0.15, -0.1) is 0 Å². The Hall–Kier alpha value is -2.55. The maximum Gasteiger partial charge on any atom is 0.197 e. The molecule has 0 amide bonds. The number of hydrogen-bond acceptors (Lipinski definition) is 2. The van der Waals surface area contributed by atoms with Crippen LogP contribution in [0.3, 0.4) is 0 Å². The number of aryl methyl sites for hydroxylation is 1. The molecule has 0 aliphatic carbocycles. The summed E-state index contributed by atoms with van der Waals surface area (Å²) in [5.74, 6) is -0.0393. The fourth-order valence-corrected chi connectivity index (χ4v) is 2.55. The van der Waals surface area contributed by atoms with Crippen molar-refractivity contribution in [3.8, 4) is 0 Å². The molecule has 20 heavy (non-hydrogen) atoms. The Labute approximate surface area is 117 Å². The maximum atomic E-state index is 12.6. The van der Waals surface area contributed by atoms with E-state index in [0.717, 1.165) is 17.3 Å². The molecule has 3 N–H and O–H groups in total. The van der Waals surface area contributed by atoms with Crippen LogP contribution in [0.1, 0.15) is 28.4 Å². The van der Waals surface area contributed by atoms with Crippen LogP contribution < -0.4 is 5.73 Å². The molecule has 0 saturated carbocycles. The van der Waals surface area contributed by atoms with Gasteiger partial charge in [0.05, 0.1) is 0 Å². The van der Waals surface area contributed by atoms with E-state index in [1.54, 1.807) is 18.3 Å². The first kappa shape index (κ1) is 12.5. The number of nitrogens with two attached hydrogens (primary N) is 1. The summed E-state index contributed by atoms with van der Waals surface area (Å²) in [7, 11) is 0. The summed E-state index contributed by atoms with van der Waals surface area (Å²) in [6, 6.07) is 13.2. The summed E-state index contributed by atoms with van der Waals surface area (Å²) in [6.45, 7) is 2.10. The maximum absolute atomic E-state index is 12.6. The number of ketones is 1. The Morgan fingerprint density at radius 1 is 1.10 bits per heavy atom. The van der Waals surface area contributed by atoms with E-state index in [-0.39, 0.29) is 5.78 Å². The molecule has 0 saturated heterocycles. The molecular weight excluding hydrogens is 248 g/mol. The van der Waals surface area contributed by atoms with E-state index in [9.17, 15) is 4.79 Å². The van der Waals surface area contributed by atoms with Gasteiger partial charge in [0.1, 0.15) is 0 Å². The fraction of sp³-hybridized carbons (Fsp3) is 0.118. The molecule has 1 heterocycles. The molecule has 1 aromatic heterocycles. The number of fused-ring (bicyclic) bond motifs is 1. The molecule has 0 fully saturated rings. The second kappa shape index (κ2) is 4.85. The quantitative estimate of drug-likeness (QED) is 0.561. The van der Waals surface area contributed by atoms with Crippen molar-refractivity contribution in [2.75, 3.05) is 5.73 Å². The number of carbonyl (C=O) groups is 1. The van der Waals surface area contributed by atoms with Gasteiger partial charge in [-0.25, -0.2) is 0 Å². The van der Waals surface area contributed by atoms with Crippen LogP contribution in [-0.4, -0.2) is 10.8 Å². The second-order valence-corrected chi connectivity index (χ2v) is 4.81. The Kier molecular flexibility index (Phi) is 3.03. The highest BCUT2D eigenvalue weighted by Crippen LogP contribution is 2.25. The smallest absolute Gasteiger partial charge is 0.197 e. The minimum Gasteiger partial charge on any atom is -0.398 e. The topological polar surface area (TPSA) is 58.9 Å². The Bertz CT molecular complexity index is 787. The van der Waals surface area contributed by atoms with Gasteiger partial charge in [0, 0.05) is 33.9 Å². The summed E-state index contributed by atoms with van der Waals surface area (Å²) < 4.78 is 0. The van der Waals surface area contributed by atoms with Crippen LogP contribution in [-0.2, 0) is 6.42 Å². The largest absolute Gasteiger partial charge is 0.398 e. The molecule has 3 heteroatoms. The third-order valence-corrected chi connectivity index (χ3v) is 3.63. The molecule has 100 valence electrons. The number of rotatable bonds is 3. The van der Waals surface area contributed by atoms with Crippen LogP contribution in [0.4, 0.5) is 5.69 Å². The minimum atomic E-state index is -0.0393. The number of H-pyrrole nitrogens is 1.